The third kappa shape index (κ3) is 3.14. The summed E-state index contributed by atoms with van der Waals surface area (Å²) in [6.45, 7) is 0. The largest absolute Gasteiger partial charge is 0.711 e. The monoisotopic (exact) mass is 209 g/mol. The number of pyridine rings is 1. The van der Waals surface area contributed by atoms with E-state index in [1.54, 1.807) is 12.1 Å². The second-order valence-electron chi connectivity index (χ2n) is 2.62. The molecule has 0 fully saturated rings. The number of carbonyl (C=O) groups is 1. The van der Waals surface area contributed by atoms with Crippen LogP contribution >= 0.6 is 0 Å². The highest BCUT2D eigenvalue weighted by Gasteiger charge is 2.09. The molecule has 1 rings (SSSR count). The minimum atomic E-state index is -0.527. The summed E-state index contributed by atoms with van der Waals surface area (Å²) in [5.74, 6) is -0.107. The third-order valence-electron chi connectivity index (χ3n) is 1.54. The Morgan fingerprint density at radius 2 is 2.27 bits per heavy atom. The number of nitrogens with zero attached hydrogens (tertiary/aromatic N) is 1. The molecule has 0 radical (unpaired) electrons. The van der Waals surface area contributed by atoms with Crippen molar-refractivity contribution in [1.29, 1.82) is 5.41 Å². The van der Waals surface area contributed by atoms with Gasteiger partial charge in [-0.25, -0.2) is 20.3 Å². The third-order valence-corrected chi connectivity index (χ3v) is 1.54. The molecule has 0 aliphatic carbocycles. The van der Waals surface area contributed by atoms with Crippen LogP contribution < -0.4 is 20.7 Å². The molecule has 1 aromatic heterocycles. The molecular weight excluding hydrogens is 198 g/mol. The van der Waals surface area contributed by atoms with E-state index in [0.717, 1.165) is 0 Å². The zero-order chi connectivity index (χ0) is 11.3. The normalized spacial score (nSPS) is 9.13. The van der Waals surface area contributed by atoms with Crippen molar-refractivity contribution in [2.24, 2.45) is 0 Å². The first-order valence-corrected chi connectivity index (χ1v) is 4.16. The highest BCUT2D eigenvalue weighted by molar-refractivity contribution is 6.01. The van der Waals surface area contributed by atoms with Crippen LogP contribution in [0, 0.1) is 10.6 Å². The molecule has 0 aromatic carbocycles. The molecule has 0 unspecified atom stereocenters. The molecule has 7 nitrogen and oxygen atoms in total. The van der Waals surface area contributed by atoms with E-state index in [1.807, 2.05) is 0 Å². The summed E-state index contributed by atoms with van der Waals surface area (Å²) in [6, 6.07) is 4.17. The van der Waals surface area contributed by atoms with Crippen molar-refractivity contribution in [3.05, 3.63) is 29.6 Å². The molecule has 0 saturated carbocycles. The standard InChI is InChI=1S/C8H11N5O2/c1-10-8(14)12-7(9)11-6-4-2-3-5-13(6)15/h2-5H,1H3,(H4,9,10,11,12,14). The molecule has 15 heavy (non-hydrogen) atoms. The van der Waals surface area contributed by atoms with E-state index in [-0.39, 0.29) is 11.8 Å². The van der Waals surface area contributed by atoms with Gasteiger partial charge in [-0.3, -0.25) is 5.32 Å². The molecule has 1 heterocycles. The van der Waals surface area contributed by atoms with Gasteiger partial charge in [0.25, 0.3) is 11.8 Å². The van der Waals surface area contributed by atoms with Gasteiger partial charge in [0.1, 0.15) is 0 Å². The number of hydrogen-bond donors (Lipinski definition) is 4. The topological polar surface area (TPSA) is 104 Å². The smallest absolute Gasteiger partial charge is 0.322 e. The fourth-order valence-electron chi connectivity index (χ4n) is 0.860. The van der Waals surface area contributed by atoms with Gasteiger partial charge in [-0.05, 0) is 6.07 Å². The van der Waals surface area contributed by atoms with Crippen LogP contribution in [0.3, 0.4) is 0 Å². The highest BCUT2D eigenvalue weighted by atomic mass is 16.5. The summed E-state index contributed by atoms with van der Waals surface area (Å²) in [7, 11) is 1.43. The number of nitrogens with one attached hydrogen (secondary N) is 4. The Morgan fingerprint density at radius 3 is 2.87 bits per heavy atom. The van der Waals surface area contributed by atoms with Crippen LogP contribution in [-0.4, -0.2) is 19.0 Å². The lowest BCUT2D eigenvalue weighted by molar-refractivity contribution is -0.589. The lowest BCUT2D eigenvalue weighted by atomic mass is 10.4. The molecule has 0 bridgehead atoms. The van der Waals surface area contributed by atoms with Crippen molar-refractivity contribution in [3.63, 3.8) is 0 Å². The molecule has 0 saturated heterocycles. The van der Waals surface area contributed by atoms with Crippen LogP contribution in [0.2, 0.25) is 0 Å². The second-order valence-corrected chi connectivity index (χ2v) is 2.62. The molecule has 0 atom stereocenters. The number of hydrogen-bond acceptors (Lipinski definition) is 3. The average Bonchev–Trinajstić information content (AvgIpc) is 2.21. The molecule has 4 N–H and O–H groups in total. The predicted octanol–water partition coefficient (Wildman–Crippen LogP) is -0.404. The van der Waals surface area contributed by atoms with Crippen LogP contribution in [0.5, 0.6) is 0 Å². The van der Waals surface area contributed by atoms with Gasteiger partial charge in [-0.1, -0.05) is 6.07 Å². The van der Waals surface area contributed by atoms with Crippen molar-refractivity contribution in [2.75, 3.05) is 12.4 Å². The molecule has 0 spiro atoms. The summed E-state index contributed by atoms with van der Waals surface area (Å²) in [5, 5.41) is 25.4. The Balaban J connectivity index is 2.59. The van der Waals surface area contributed by atoms with E-state index in [9.17, 15) is 10.0 Å². The van der Waals surface area contributed by atoms with Crippen molar-refractivity contribution < 1.29 is 9.52 Å². The maximum atomic E-state index is 11.1. The number of carbonyl (C=O) groups excluding carboxylic acids is 1. The van der Waals surface area contributed by atoms with Gasteiger partial charge in [0.2, 0.25) is 0 Å². The van der Waals surface area contributed by atoms with Crippen LogP contribution in [0.25, 0.3) is 0 Å². The van der Waals surface area contributed by atoms with Gasteiger partial charge >= 0.3 is 6.03 Å². The van der Waals surface area contributed by atoms with Gasteiger partial charge in [-0.15, -0.1) is 0 Å². The SMILES string of the molecule is CNC(=O)NC(=N)Nc1cccc[n+]1[O-]. The minimum Gasteiger partial charge on any atom is -0.711 e. The maximum Gasteiger partial charge on any atom is 0.322 e. The first kappa shape index (κ1) is 10.8. The molecular formula is C8H11N5O2. The predicted molar refractivity (Wildman–Crippen MR) is 54.3 cm³/mol. The molecule has 1 aromatic rings. The van der Waals surface area contributed by atoms with Crippen molar-refractivity contribution in [3.8, 4) is 0 Å². The summed E-state index contributed by atoms with van der Waals surface area (Å²) < 4.78 is 0.556. The number of urea groups is 1. The van der Waals surface area contributed by atoms with E-state index < -0.39 is 6.03 Å². The van der Waals surface area contributed by atoms with E-state index in [2.05, 4.69) is 16.0 Å². The summed E-state index contributed by atoms with van der Waals surface area (Å²) in [4.78, 5) is 10.8. The Hall–Kier alpha value is -2.31. The average molecular weight is 209 g/mol. The molecule has 0 aliphatic heterocycles. The summed E-state index contributed by atoms with van der Waals surface area (Å²) >= 11 is 0. The Morgan fingerprint density at radius 1 is 1.53 bits per heavy atom. The maximum absolute atomic E-state index is 11.1. The van der Waals surface area contributed by atoms with Gasteiger partial charge in [-0.2, -0.15) is 0 Å². The number of aromatic nitrogens is 1. The van der Waals surface area contributed by atoms with Crippen LogP contribution in [-0.2, 0) is 0 Å². The Labute approximate surface area is 86.2 Å². The van der Waals surface area contributed by atoms with Crippen LogP contribution in [0.1, 0.15) is 0 Å². The fraction of sp³-hybridized carbons (Fsp3) is 0.125. The molecule has 0 aliphatic rings. The lowest BCUT2D eigenvalue weighted by Crippen LogP contribution is -2.43. The fourth-order valence-corrected chi connectivity index (χ4v) is 0.860. The van der Waals surface area contributed by atoms with Gasteiger partial charge in [0, 0.05) is 13.1 Å². The van der Waals surface area contributed by atoms with Crippen LogP contribution in [0.15, 0.2) is 24.4 Å². The van der Waals surface area contributed by atoms with Gasteiger partial charge in [0.05, 0.1) is 6.20 Å². The molecule has 2 amide bonds. The molecule has 7 heteroatoms. The van der Waals surface area contributed by atoms with E-state index >= 15 is 0 Å². The Kier molecular flexibility index (Phi) is 3.44. The number of rotatable bonds is 1. The van der Waals surface area contributed by atoms with Crippen LogP contribution in [0.4, 0.5) is 10.6 Å². The van der Waals surface area contributed by atoms with E-state index in [4.69, 9.17) is 5.41 Å². The van der Waals surface area contributed by atoms with Gasteiger partial charge in [0.15, 0.2) is 0 Å². The minimum absolute atomic E-state index is 0.166. The quantitative estimate of drug-likeness (QED) is 0.219. The number of anilines is 1. The first-order valence-electron chi connectivity index (χ1n) is 4.16. The summed E-state index contributed by atoms with van der Waals surface area (Å²) in [5.41, 5.74) is 0. The van der Waals surface area contributed by atoms with Gasteiger partial charge < -0.3 is 10.5 Å². The second kappa shape index (κ2) is 4.80. The number of amides is 2. The first-order chi connectivity index (χ1) is 7.13. The zero-order valence-electron chi connectivity index (χ0n) is 8.07. The Bertz CT molecular complexity index is 379. The summed E-state index contributed by atoms with van der Waals surface area (Å²) in [6.07, 6.45) is 1.29. The van der Waals surface area contributed by atoms with Crippen molar-refractivity contribution in [1.82, 2.24) is 10.6 Å². The number of guanidine groups is 1. The lowest BCUT2D eigenvalue weighted by Gasteiger charge is -2.08. The van der Waals surface area contributed by atoms with E-state index in [1.165, 1.54) is 19.3 Å². The van der Waals surface area contributed by atoms with E-state index in [0.29, 0.717) is 4.73 Å². The van der Waals surface area contributed by atoms with Crippen molar-refractivity contribution >= 4 is 17.8 Å². The zero-order valence-corrected chi connectivity index (χ0v) is 8.07. The molecule has 80 valence electrons. The highest BCUT2D eigenvalue weighted by Crippen LogP contribution is 1.95. The van der Waals surface area contributed by atoms with Crippen molar-refractivity contribution in [2.45, 2.75) is 0 Å².